The summed E-state index contributed by atoms with van der Waals surface area (Å²) in [4.78, 5) is 46.6. The maximum atomic E-state index is 14.2. The van der Waals surface area contributed by atoms with Crippen LogP contribution < -0.4 is 20.3 Å². The van der Waals surface area contributed by atoms with Crippen LogP contribution in [0, 0.1) is 3.70 Å². The van der Waals surface area contributed by atoms with Gasteiger partial charge in [0.05, 0.1) is 39.2 Å². The van der Waals surface area contributed by atoms with Crippen molar-refractivity contribution >= 4 is 63.8 Å². The lowest BCUT2D eigenvalue weighted by molar-refractivity contribution is 0.0498. The van der Waals surface area contributed by atoms with E-state index in [4.69, 9.17) is 30.8 Å². The van der Waals surface area contributed by atoms with Gasteiger partial charge < -0.3 is 34.3 Å². The van der Waals surface area contributed by atoms with Crippen molar-refractivity contribution in [2.45, 2.75) is 58.3 Å². The second kappa shape index (κ2) is 15.5. The van der Waals surface area contributed by atoms with Gasteiger partial charge in [0, 0.05) is 24.2 Å². The minimum absolute atomic E-state index is 0.0890. The Balaban J connectivity index is 1.46. The number of esters is 1. The van der Waals surface area contributed by atoms with Crippen molar-refractivity contribution < 1.29 is 28.6 Å². The predicted molar refractivity (Wildman–Crippen MR) is 194 cm³/mol. The minimum Gasteiger partial charge on any atom is -0.497 e. The van der Waals surface area contributed by atoms with E-state index < -0.39 is 23.6 Å². The van der Waals surface area contributed by atoms with Crippen molar-refractivity contribution in [3.05, 3.63) is 86.0 Å². The van der Waals surface area contributed by atoms with Crippen LogP contribution in [0.25, 0.3) is 0 Å². The SMILES string of the molecule is COC(=O)c1c(NC(=O)c2c(I)nc(N3CCCC(NC(=O)OC(C)(C)C)C3)n2Cc2ccccc2Cl)cnn1Cc1ccc(OC)cc1. The maximum absolute atomic E-state index is 14.2. The molecule has 2 N–H and O–H groups in total. The van der Waals surface area contributed by atoms with Crippen LogP contribution in [0.4, 0.5) is 16.4 Å². The van der Waals surface area contributed by atoms with Gasteiger partial charge >= 0.3 is 12.1 Å². The van der Waals surface area contributed by atoms with Crippen LogP contribution in [-0.2, 0) is 22.6 Å². The molecule has 2 aromatic heterocycles. The quantitative estimate of drug-likeness (QED) is 0.147. The molecule has 15 heteroatoms. The molecular formula is C34H39ClIN7O6. The van der Waals surface area contributed by atoms with E-state index in [9.17, 15) is 14.4 Å². The van der Waals surface area contributed by atoms with Crippen molar-refractivity contribution in [1.82, 2.24) is 24.6 Å². The highest BCUT2D eigenvalue weighted by molar-refractivity contribution is 14.1. The third-order valence-electron chi connectivity index (χ3n) is 7.79. The monoisotopic (exact) mass is 803 g/mol. The number of methoxy groups -OCH3 is 2. The number of carbonyl (C=O) groups is 3. The van der Waals surface area contributed by atoms with Crippen LogP contribution in [-0.4, -0.2) is 76.3 Å². The highest BCUT2D eigenvalue weighted by atomic mass is 127. The lowest BCUT2D eigenvalue weighted by Gasteiger charge is -2.34. The Hall–Kier alpha value is -4.31. The second-order valence-electron chi connectivity index (χ2n) is 12.5. The summed E-state index contributed by atoms with van der Waals surface area (Å²) in [6, 6.07) is 14.6. The van der Waals surface area contributed by atoms with E-state index in [2.05, 4.69) is 15.7 Å². The molecule has 0 bridgehead atoms. The van der Waals surface area contributed by atoms with Crippen molar-refractivity contribution in [2.75, 3.05) is 37.5 Å². The summed E-state index contributed by atoms with van der Waals surface area (Å²) < 4.78 is 19.5. The molecule has 1 fully saturated rings. The van der Waals surface area contributed by atoms with E-state index in [0.717, 1.165) is 24.0 Å². The zero-order valence-electron chi connectivity index (χ0n) is 28.0. The van der Waals surface area contributed by atoms with Gasteiger partial charge in [0.2, 0.25) is 5.95 Å². The number of rotatable bonds is 10. The molecular weight excluding hydrogens is 765 g/mol. The van der Waals surface area contributed by atoms with Crippen molar-refractivity contribution in [3.8, 4) is 5.75 Å². The van der Waals surface area contributed by atoms with Gasteiger partial charge in [-0.1, -0.05) is 41.9 Å². The molecule has 3 heterocycles. The van der Waals surface area contributed by atoms with Crippen LogP contribution in [0.2, 0.25) is 5.02 Å². The Morgan fingerprint density at radius 2 is 1.78 bits per heavy atom. The molecule has 2 aromatic carbocycles. The molecule has 13 nitrogen and oxygen atoms in total. The number of aromatic nitrogens is 4. The summed E-state index contributed by atoms with van der Waals surface area (Å²) in [7, 11) is 2.86. The molecule has 260 valence electrons. The summed E-state index contributed by atoms with van der Waals surface area (Å²) in [6.07, 6.45) is 2.49. The third-order valence-corrected chi connectivity index (χ3v) is 8.91. The number of amides is 2. The van der Waals surface area contributed by atoms with Crippen LogP contribution in [0.1, 0.15) is 65.7 Å². The molecule has 1 aliphatic heterocycles. The first-order chi connectivity index (χ1) is 23.4. The number of hydrogen-bond acceptors (Lipinski definition) is 9. The number of piperidine rings is 1. The van der Waals surface area contributed by atoms with Crippen LogP contribution in [0.15, 0.2) is 54.7 Å². The Bertz CT molecular complexity index is 1820. The summed E-state index contributed by atoms with van der Waals surface area (Å²) in [5.41, 5.74) is 1.58. The highest BCUT2D eigenvalue weighted by Crippen LogP contribution is 2.29. The van der Waals surface area contributed by atoms with E-state index in [-0.39, 0.29) is 36.2 Å². The van der Waals surface area contributed by atoms with Gasteiger partial charge in [-0.3, -0.25) is 9.48 Å². The number of anilines is 2. The molecule has 1 saturated heterocycles. The van der Waals surface area contributed by atoms with E-state index in [1.807, 2.05) is 95.3 Å². The number of benzene rings is 2. The molecule has 1 atom stereocenters. The fourth-order valence-corrected chi connectivity index (χ4v) is 6.51. The Labute approximate surface area is 303 Å². The number of carbonyl (C=O) groups excluding carboxylic acids is 3. The lowest BCUT2D eigenvalue weighted by atomic mass is 10.1. The Kier molecular flexibility index (Phi) is 11.4. The number of ether oxygens (including phenoxy) is 3. The standard InChI is InChI=1S/C34H39ClIN7O6/c1-34(2,3)49-33(46)38-23-10-8-16-41(20-23)32-40-29(36)28(42(32)19-22-9-6-7-11-25(22)35)30(44)39-26-17-37-43(27(26)31(45)48-5)18-21-12-14-24(47-4)15-13-21/h6-7,9,11-15,17,23H,8,10,16,18-20H2,1-5H3,(H,38,46)(H,39,44). The number of halogens is 2. The van der Waals surface area contributed by atoms with Gasteiger partial charge in [-0.25, -0.2) is 14.6 Å². The van der Waals surface area contributed by atoms with E-state index >= 15 is 0 Å². The summed E-state index contributed by atoms with van der Waals surface area (Å²) in [5, 5.41) is 10.8. The number of nitrogens with zero attached hydrogens (tertiary/aromatic N) is 5. The third kappa shape index (κ3) is 8.84. The van der Waals surface area contributed by atoms with Gasteiger partial charge in [-0.2, -0.15) is 5.10 Å². The van der Waals surface area contributed by atoms with E-state index in [1.165, 1.54) is 18.0 Å². The summed E-state index contributed by atoms with van der Waals surface area (Å²) in [6.45, 7) is 7.08. The van der Waals surface area contributed by atoms with Gasteiger partial charge in [-0.15, -0.1) is 0 Å². The first-order valence-corrected chi connectivity index (χ1v) is 17.1. The van der Waals surface area contributed by atoms with Gasteiger partial charge in [0.1, 0.15) is 20.7 Å². The largest absolute Gasteiger partial charge is 0.497 e. The number of alkyl carbamates (subject to hydrolysis) is 1. The first kappa shape index (κ1) is 36.0. The molecule has 0 spiro atoms. The van der Waals surface area contributed by atoms with Crippen LogP contribution in [0.3, 0.4) is 0 Å². The highest BCUT2D eigenvalue weighted by Gasteiger charge is 2.31. The molecule has 0 aliphatic carbocycles. The number of hydrogen-bond donors (Lipinski definition) is 2. The van der Waals surface area contributed by atoms with Gasteiger partial charge in [0.25, 0.3) is 5.91 Å². The Morgan fingerprint density at radius 1 is 1.04 bits per heavy atom. The van der Waals surface area contributed by atoms with Crippen molar-refractivity contribution in [3.63, 3.8) is 0 Å². The predicted octanol–water partition coefficient (Wildman–Crippen LogP) is 5.98. The lowest BCUT2D eigenvalue weighted by Crippen LogP contribution is -2.49. The molecule has 4 aromatic rings. The average molecular weight is 804 g/mol. The minimum atomic E-state index is -0.655. The fourth-order valence-electron chi connectivity index (χ4n) is 5.56. The number of nitrogens with one attached hydrogen (secondary N) is 2. The first-order valence-electron chi connectivity index (χ1n) is 15.7. The smallest absolute Gasteiger partial charge is 0.407 e. The Morgan fingerprint density at radius 3 is 2.45 bits per heavy atom. The maximum Gasteiger partial charge on any atom is 0.407 e. The summed E-state index contributed by atoms with van der Waals surface area (Å²) >= 11 is 8.63. The van der Waals surface area contributed by atoms with Crippen molar-refractivity contribution in [2.24, 2.45) is 0 Å². The topological polar surface area (TPSA) is 142 Å². The van der Waals surface area contributed by atoms with Crippen molar-refractivity contribution in [1.29, 1.82) is 0 Å². The van der Waals surface area contributed by atoms with Crippen LogP contribution in [0.5, 0.6) is 5.75 Å². The molecule has 49 heavy (non-hydrogen) atoms. The average Bonchev–Trinajstić information content (AvgIpc) is 3.60. The normalized spacial score (nSPS) is 14.7. The molecule has 1 aliphatic rings. The molecule has 0 radical (unpaired) electrons. The number of imidazole rings is 1. The van der Waals surface area contributed by atoms with Gasteiger partial charge in [0.15, 0.2) is 5.69 Å². The molecule has 5 rings (SSSR count). The fraction of sp³-hybridized carbons (Fsp3) is 0.382. The summed E-state index contributed by atoms with van der Waals surface area (Å²) in [5.74, 6) is 0.101. The second-order valence-corrected chi connectivity index (χ2v) is 13.9. The zero-order chi connectivity index (χ0) is 35.3. The van der Waals surface area contributed by atoms with Gasteiger partial charge in [-0.05, 0) is 85.5 Å². The zero-order valence-corrected chi connectivity index (χ0v) is 30.9. The molecule has 2 amide bonds. The van der Waals surface area contributed by atoms with E-state index in [0.29, 0.717) is 33.5 Å². The molecule has 1 unspecified atom stereocenters. The van der Waals surface area contributed by atoms with E-state index in [1.54, 1.807) is 13.2 Å². The molecule has 0 saturated carbocycles. The van der Waals surface area contributed by atoms with Crippen LogP contribution >= 0.6 is 34.2 Å².